The number of nitrogens with zero attached hydrogens (tertiary/aromatic N) is 1. The average molecular weight is 127 g/mol. The second-order valence-corrected chi connectivity index (χ2v) is 1.85. The third-order valence-corrected chi connectivity index (χ3v) is 1.09. The summed E-state index contributed by atoms with van der Waals surface area (Å²) >= 11 is 0. The zero-order chi connectivity index (χ0) is 7.44. The van der Waals surface area contributed by atoms with Gasteiger partial charge in [-0.2, -0.15) is 4.39 Å². The molecule has 0 atom stereocenters. The van der Waals surface area contributed by atoms with Gasteiger partial charge >= 0.3 is 0 Å². The van der Waals surface area contributed by atoms with Crippen LogP contribution < -0.4 is 0 Å². The van der Waals surface area contributed by atoms with Gasteiger partial charge in [-0.1, -0.05) is 12.2 Å². The molecule has 0 aromatic carbocycles. The van der Waals surface area contributed by atoms with Crippen molar-refractivity contribution < 1.29 is 4.39 Å². The van der Waals surface area contributed by atoms with E-state index in [0.717, 1.165) is 0 Å². The van der Waals surface area contributed by atoms with Crippen LogP contribution in [0.3, 0.4) is 0 Å². The fourth-order valence-electron chi connectivity index (χ4n) is 0.295. The topological polar surface area (TPSA) is 12.4 Å². The Morgan fingerprint density at radius 1 is 1.44 bits per heavy atom. The number of halogens is 1. The van der Waals surface area contributed by atoms with Gasteiger partial charge in [0.2, 0.25) is 5.95 Å². The fourth-order valence-corrected chi connectivity index (χ4v) is 0.295. The minimum Gasteiger partial charge on any atom is -0.236 e. The van der Waals surface area contributed by atoms with Crippen molar-refractivity contribution in [2.45, 2.75) is 13.8 Å². The predicted molar refractivity (Wildman–Crippen MR) is 38.2 cm³/mol. The van der Waals surface area contributed by atoms with Crippen LogP contribution in [0.4, 0.5) is 4.39 Å². The lowest BCUT2D eigenvalue weighted by molar-refractivity contribution is 0.619. The molecule has 0 unspecified atom stereocenters. The molecular weight excluding hydrogens is 117 g/mol. The van der Waals surface area contributed by atoms with E-state index in [4.69, 9.17) is 0 Å². The van der Waals surface area contributed by atoms with E-state index in [1.165, 1.54) is 0 Å². The van der Waals surface area contributed by atoms with Crippen molar-refractivity contribution in [3.8, 4) is 0 Å². The number of allylic oxidation sites excluding steroid dienone is 2. The lowest BCUT2D eigenvalue weighted by Crippen LogP contribution is -1.79. The van der Waals surface area contributed by atoms with Crippen LogP contribution in [0, 0.1) is 0 Å². The first kappa shape index (κ1) is 8.08. The van der Waals surface area contributed by atoms with E-state index in [1.807, 2.05) is 0 Å². The molecule has 0 saturated heterocycles. The Bertz CT molecular complexity index is 168. The van der Waals surface area contributed by atoms with E-state index in [9.17, 15) is 4.39 Å². The minimum absolute atomic E-state index is 0.463. The van der Waals surface area contributed by atoms with Gasteiger partial charge in [0.05, 0.1) is 0 Å². The highest BCUT2D eigenvalue weighted by atomic mass is 19.1. The summed E-state index contributed by atoms with van der Waals surface area (Å²) in [7, 11) is 0. The summed E-state index contributed by atoms with van der Waals surface area (Å²) < 4.78 is 12.4. The number of rotatable bonds is 2. The molecule has 0 aromatic heterocycles. The first-order chi connectivity index (χ1) is 4.09. The summed E-state index contributed by atoms with van der Waals surface area (Å²) in [5.41, 5.74) is 1.14. The number of hydrogen-bond acceptors (Lipinski definition) is 1. The quantitative estimate of drug-likeness (QED) is 0.307. The van der Waals surface area contributed by atoms with Gasteiger partial charge in [0.15, 0.2) is 0 Å². The predicted octanol–water partition coefficient (Wildman–Crippen LogP) is 2.46. The molecule has 0 bridgehead atoms. The highest BCUT2D eigenvalue weighted by Gasteiger charge is 1.96. The van der Waals surface area contributed by atoms with Gasteiger partial charge in [0, 0.05) is 5.57 Å². The third-order valence-electron chi connectivity index (χ3n) is 1.09. The van der Waals surface area contributed by atoms with Crippen LogP contribution in [-0.2, 0) is 0 Å². The molecule has 1 nitrogen and oxygen atoms in total. The minimum atomic E-state index is -0.539. The lowest BCUT2D eigenvalue weighted by Gasteiger charge is -1.95. The van der Waals surface area contributed by atoms with Crippen LogP contribution in [0.2, 0.25) is 0 Å². The third kappa shape index (κ3) is 2.22. The Labute approximate surface area is 54.6 Å². The van der Waals surface area contributed by atoms with Crippen molar-refractivity contribution in [1.29, 1.82) is 0 Å². The Morgan fingerprint density at radius 3 is 2.00 bits per heavy atom. The second kappa shape index (κ2) is 3.17. The van der Waals surface area contributed by atoms with Crippen molar-refractivity contribution in [2.75, 3.05) is 0 Å². The van der Waals surface area contributed by atoms with Gasteiger partial charge in [0.1, 0.15) is 0 Å². The summed E-state index contributed by atoms with van der Waals surface area (Å²) in [5.74, 6) is -0.539. The molecule has 0 fully saturated rings. The number of aliphatic imine (C=N–C) groups is 1. The standard InChI is InChI=1S/C7H10FN/c1-5(2)6(3)7(8)9-4/h1,4H2,2-3H3. The zero-order valence-electron chi connectivity index (χ0n) is 5.74. The van der Waals surface area contributed by atoms with Gasteiger partial charge in [-0.25, -0.2) is 4.99 Å². The molecule has 0 saturated carbocycles. The van der Waals surface area contributed by atoms with Crippen LogP contribution in [0.5, 0.6) is 0 Å². The highest BCUT2D eigenvalue weighted by Crippen LogP contribution is 2.12. The summed E-state index contributed by atoms with van der Waals surface area (Å²) in [6.07, 6.45) is 0. The van der Waals surface area contributed by atoms with E-state index in [-0.39, 0.29) is 0 Å². The molecule has 0 aliphatic heterocycles. The SMILES string of the molecule is C=NC(F)=C(C)C(=C)C. The largest absolute Gasteiger partial charge is 0.236 e. The summed E-state index contributed by atoms with van der Waals surface area (Å²) in [6.45, 7) is 9.92. The lowest BCUT2D eigenvalue weighted by atomic mass is 10.2. The van der Waals surface area contributed by atoms with Crippen molar-refractivity contribution >= 4 is 6.72 Å². The molecule has 0 radical (unpaired) electrons. The molecule has 0 aliphatic carbocycles. The molecule has 50 valence electrons. The maximum absolute atomic E-state index is 12.4. The first-order valence-corrected chi connectivity index (χ1v) is 2.58. The normalized spacial score (nSPS) is 12.3. The maximum Gasteiger partial charge on any atom is 0.215 e. The van der Waals surface area contributed by atoms with E-state index in [0.29, 0.717) is 11.1 Å². The van der Waals surface area contributed by atoms with Crippen molar-refractivity contribution in [3.63, 3.8) is 0 Å². The molecule has 9 heavy (non-hydrogen) atoms. The van der Waals surface area contributed by atoms with E-state index in [2.05, 4.69) is 18.3 Å². The van der Waals surface area contributed by atoms with Gasteiger partial charge in [-0.15, -0.1) is 0 Å². The van der Waals surface area contributed by atoms with Crippen LogP contribution in [-0.4, -0.2) is 6.72 Å². The molecule has 0 aliphatic rings. The van der Waals surface area contributed by atoms with Crippen molar-refractivity contribution in [1.82, 2.24) is 0 Å². The Balaban J connectivity index is 4.47. The Hall–Kier alpha value is -0.920. The van der Waals surface area contributed by atoms with Gasteiger partial charge < -0.3 is 0 Å². The van der Waals surface area contributed by atoms with E-state index in [1.54, 1.807) is 13.8 Å². The first-order valence-electron chi connectivity index (χ1n) is 2.58. The maximum atomic E-state index is 12.4. The van der Waals surface area contributed by atoms with Gasteiger partial charge in [0.25, 0.3) is 0 Å². The van der Waals surface area contributed by atoms with Crippen LogP contribution in [0.25, 0.3) is 0 Å². The van der Waals surface area contributed by atoms with Crippen LogP contribution in [0.15, 0.2) is 28.7 Å². The molecule has 0 N–H and O–H groups in total. The molecule has 0 amide bonds. The fraction of sp³-hybridized carbons (Fsp3) is 0.286. The molecule has 0 heterocycles. The molecule has 0 spiro atoms. The summed E-state index contributed by atoms with van der Waals surface area (Å²) in [5, 5.41) is 0. The highest BCUT2D eigenvalue weighted by molar-refractivity contribution is 5.33. The average Bonchev–Trinajstić information content (AvgIpc) is 1.84. The monoisotopic (exact) mass is 127 g/mol. The van der Waals surface area contributed by atoms with E-state index >= 15 is 0 Å². The Morgan fingerprint density at radius 2 is 1.89 bits per heavy atom. The molecule has 2 heteroatoms. The van der Waals surface area contributed by atoms with Crippen LogP contribution >= 0.6 is 0 Å². The molecular formula is C7H10FN. The second-order valence-electron chi connectivity index (χ2n) is 1.85. The van der Waals surface area contributed by atoms with Crippen LogP contribution in [0.1, 0.15) is 13.8 Å². The summed E-state index contributed by atoms with van der Waals surface area (Å²) in [4.78, 5) is 3.11. The number of hydrogen-bond donors (Lipinski definition) is 0. The smallest absolute Gasteiger partial charge is 0.215 e. The van der Waals surface area contributed by atoms with Gasteiger partial charge in [-0.3, -0.25) is 0 Å². The van der Waals surface area contributed by atoms with Crippen molar-refractivity contribution in [2.24, 2.45) is 4.99 Å². The van der Waals surface area contributed by atoms with Crippen molar-refractivity contribution in [3.05, 3.63) is 23.7 Å². The van der Waals surface area contributed by atoms with E-state index < -0.39 is 5.95 Å². The summed E-state index contributed by atoms with van der Waals surface area (Å²) in [6, 6.07) is 0. The molecule has 0 aromatic rings. The zero-order valence-corrected chi connectivity index (χ0v) is 5.74. The Kier molecular flexibility index (Phi) is 2.85. The molecule has 0 rings (SSSR count). The van der Waals surface area contributed by atoms with Gasteiger partial charge in [-0.05, 0) is 20.6 Å².